The average molecular weight is 516 g/mol. The first-order chi connectivity index (χ1) is 17.1. The van der Waals surface area contributed by atoms with E-state index in [2.05, 4.69) is 41.8 Å². The fourth-order valence-corrected chi connectivity index (χ4v) is 4.60. The largest absolute Gasteiger partial charge is 0.494 e. The molecule has 1 unspecified atom stereocenters. The van der Waals surface area contributed by atoms with Gasteiger partial charge in [-0.05, 0) is 75.3 Å². The van der Waals surface area contributed by atoms with Gasteiger partial charge in [-0.15, -0.1) is 12.4 Å². The number of amides is 2. The Morgan fingerprint density at radius 3 is 2.58 bits per heavy atom. The summed E-state index contributed by atoms with van der Waals surface area (Å²) < 4.78 is 5.62. The molecule has 0 radical (unpaired) electrons. The standard InChI is InChI=1S/C29H41N3O3.ClH/c1-3-35-27-16-15-24(21-23(27)2)11-9-14-29(34)32-19-8-7-17-30-26(25-12-5-4-6-13-25)22-28(33)31-18-10-20-32;/h4-6,12-13,15-16,21,26,30H,3,7-11,14,17-20,22H2,1-2H3,(H,31,33);1H. The highest BCUT2D eigenvalue weighted by Crippen LogP contribution is 2.20. The van der Waals surface area contributed by atoms with Gasteiger partial charge < -0.3 is 20.3 Å². The van der Waals surface area contributed by atoms with E-state index in [0.29, 0.717) is 32.5 Å². The zero-order valence-electron chi connectivity index (χ0n) is 21.8. The molecule has 0 bridgehead atoms. The number of hydrogen-bond donors (Lipinski definition) is 2. The summed E-state index contributed by atoms with van der Waals surface area (Å²) in [5.41, 5.74) is 3.52. The molecule has 1 aliphatic heterocycles. The Bertz CT molecular complexity index is 939. The van der Waals surface area contributed by atoms with E-state index in [4.69, 9.17) is 4.74 Å². The number of rotatable bonds is 7. The SMILES string of the molecule is CCOc1ccc(CCCC(=O)N2CCCCNC(c3ccccc3)CC(=O)NCCC2)cc1C.Cl. The maximum atomic E-state index is 13.0. The minimum atomic E-state index is 0. The second-order valence-electron chi connectivity index (χ2n) is 9.30. The minimum Gasteiger partial charge on any atom is -0.494 e. The van der Waals surface area contributed by atoms with Crippen molar-refractivity contribution in [2.24, 2.45) is 0 Å². The maximum Gasteiger partial charge on any atom is 0.222 e. The number of nitrogens with one attached hydrogen (secondary N) is 2. The van der Waals surface area contributed by atoms with E-state index in [-0.39, 0.29) is 30.3 Å². The van der Waals surface area contributed by atoms with E-state index >= 15 is 0 Å². The van der Waals surface area contributed by atoms with E-state index in [1.807, 2.05) is 36.1 Å². The molecule has 1 atom stereocenters. The molecule has 36 heavy (non-hydrogen) atoms. The van der Waals surface area contributed by atoms with Gasteiger partial charge in [0.2, 0.25) is 11.8 Å². The number of carbonyl (C=O) groups excluding carboxylic acids is 2. The van der Waals surface area contributed by atoms with Crippen LogP contribution in [0.1, 0.15) is 68.2 Å². The van der Waals surface area contributed by atoms with Crippen molar-refractivity contribution in [1.82, 2.24) is 15.5 Å². The molecular weight excluding hydrogens is 474 g/mol. The van der Waals surface area contributed by atoms with Crippen molar-refractivity contribution in [1.29, 1.82) is 0 Å². The summed E-state index contributed by atoms with van der Waals surface area (Å²) in [4.78, 5) is 27.5. The fraction of sp³-hybridized carbons (Fsp3) is 0.517. The van der Waals surface area contributed by atoms with Gasteiger partial charge >= 0.3 is 0 Å². The lowest BCUT2D eigenvalue weighted by molar-refractivity contribution is -0.131. The van der Waals surface area contributed by atoms with Gasteiger partial charge in [-0.3, -0.25) is 9.59 Å². The highest BCUT2D eigenvalue weighted by Gasteiger charge is 2.17. The number of hydrogen-bond acceptors (Lipinski definition) is 4. The maximum absolute atomic E-state index is 13.0. The Balaban J connectivity index is 0.00000456. The van der Waals surface area contributed by atoms with Crippen LogP contribution in [0.25, 0.3) is 0 Å². The predicted molar refractivity (Wildman–Crippen MR) is 148 cm³/mol. The zero-order chi connectivity index (χ0) is 24.9. The number of carbonyl (C=O) groups is 2. The van der Waals surface area contributed by atoms with E-state index in [9.17, 15) is 9.59 Å². The third kappa shape index (κ3) is 9.82. The third-order valence-electron chi connectivity index (χ3n) is 6.51. The van der Waals surface area contributed by atoms with Crippen LogP contribution in [0.3, 0.4) is 0 Å². The van der Waals surface area contributed by atoms with E-state index in [1.165, 1.54) is 5.56 Å². The average Bonchev–Trinajstić information content (AvgIpc) is 2.88. The van der Waals surface area contributed by atoms with Crippen LogP contribution < -0.4 is 15.4 Å². The van der Waals surface area contributed by atoms with Crippen LogP contribution in [0.4, 0.5) is 0 Å². The number of benzene rings is 2. The van der Waals surface area contributed by atoms with Crippen molar-refractivity contribution in [3.8, 4) is 5.75 Å². The summed E-state index contributed by atoms with van der Waals surface area (Å²) in [6.45, 7) is 7.60. The summed E-state index contributed by atoms with van der Waals surface area (Å²) in [6.07, 6.45) is 5.40. The summed E-state index contributed by atoms with van der Waals surface area (Å²) in [5.74, 6) is 1.19. The highest BCUT2D eigenvalue weighted by molar-refractivity contribution is 5.85. The second kappa shape index (κ2) is 16.2. The molecule has 2 amide bonds. The molecule has 198 valence electrons. The van der Waals surface area contributed by atoms with Crippen molar-refractivity contribution < 1.29 is 14.3 Å². The molecule has 6 nitrogen and oxygen atoms in total. The summed E-state index contributed by atoms with van der Waals surface area (Å²) in [7, 11) is 0. The van der Waals surface area contributed by atoms with Crippen LogP contribution >= 0.6 is 12.4 Å². The van der Waals surface area contributed by atoms with E-state index < -0.39 is 0 Å². The van der Waals surface area contributed by atoms with Crippen molar-refractivity contribution >= 4 is 24.2 Å². The van der Waals surface area contributed by atoms with Gasteiger partial charge in [-0.1, -0.05) is 42.5 Å². The predicted octanol–water partition coefficient (Wildman–Crippen LogP) is 4.99. The molecule has 1 fully saturated rings. The fourth-order valence-electron chi connectivity index (χ4n) is 4.60. The van der Waals surface area contributed by atoms with Crippen molar-refractivity contribution in [3.05, 3.63) is 65.2 Å². The lowest BCUT2D eigenvalue weighted by Gasteiger charge is -2.23. The Labute approximate surface area is 222 Å². The van der Waals surface area contributed by atoms with Crippen LogP contribution in [0.2, 0.25) is 0 Å². The van der Waals surface area contributed by atoms with Crippen LogP contribution in [0.5, 0.6) is 5.75 Å². The highest BCUT2D eigenvalue weighted by atomic mass is 35.5. The Morgan fingerprint density at radius 1 is 1.06 bits per heavy atom. The lowest BCUT2D eigenvalue weighted by Crippen LogP contribution is -2.35. The van der Waals surface area contributed by atoms with Gasteiger partial charge in [0.1, 0.15) is 5.75 Å². The van der Waals surface area contributed by atoms with Gasteiger partial charge in [0.05, 0.1) is 6.61 Å². The quantitative estimate of drug-likeness (QED) is 0.545. The number of aryl methyl sites for hydroxylation is 2. The molecule has 2 aromatic rings. The summed E-state index contributed by atoms with van der Waals surface area (Å²) in [6, 6.07) is 16.4. The molecule has 1 saturated heterocycles. The van der Waals surface area contributed by atoms with Crippen molar-refractivity contribution in [3.63, 3.8) is 0 Å². The monoisotopic (exact) mass is 515 g/mol. The van der Waals surface area contributed by atoms with Gasteiger partial charge in [0, 0.05) is 38.5 Å². The van der Waals surface area contributed by atoms with E-state index in [1.54, 1.807) is 0 Å². The molecule has 2 N–H and O–H groups in total. The molecule has 1 heterocycles. The molecule has 0 aromatic heterocycles. The Morgan fingerprint density at radius 2 is 1.83 bits per heavy atom. The lowest BCUT2D eigenvalue weighted by atomic mass is 10.0. The summed E-state index contributed by atoms with van der Waals surface area (Å²) in [5, 5.41) is 6.58. The molecule has 7 heteroatoms. The summed E-state index contributed by atoms with van der Waals surface area (Å²) >= 11 is 0. The van der Waals surface area contributed by atoms with Crippen LogP contribution in [0.15, 0.2) is 48.5 Å². The molecule has 0 aliphatic carbocycles. The van der Waals surface area contributed by atoms with Gasteiger partial charge in [-0.2, -0.15) is 0 Å². The number of halogens is 1. The molecule has 0 spiro atoms. The van der Waals surface area contributed by atoms with Gasteiger partial charge in [-0.25, -0.2) is 0 Å². The van der Waals surface area contributed by atoms with Crippen LogP contribution in [0, 0.1) is 6.92 Å². The molecule has 0 saturated carbocycles. The number of nitrogens with zero attached hydrogens (tertiary/aromatic N) is 1. The Kier molecular flexibility index (Phi) is 13.4. The topological polar surface area (TPSA) is 70.7 Å². The smallest absolute Gasteiger partial charge is 0.222 e. The Hall–Kier alpha value is -2.57. The van der Waals surface area contributed by atoms with Crippen LogP contribution in [-0.2, 0) is 16.0 Å². The normalized spacial score (nSPS) is 17.6. The first kappa shape index (κ1) is 29.7. The first-order valence-corrected chi connectivity index (χ1v) is 13.1. The molecular formula is C29H42ClN3O3. The third-order valence-corrected chi connectivity index (χ3v) is 6.51. The van der Waals surface area contributed by atoms with Gasteiger partial charge in [0.15, 0.2) is 0 Å². The zero-order valence-corrected chi connectivity index (χ0v) is 22.6. The van der Waals surface area contributed by atoms with Crippen molar-refractivity contribution in [2.75, 3.05) is 32.8 Å². The molecule has 1 aliphatic rings. The van der Waals surface area contributed by atoms with E-state index in [0.717, 1.165) is 62.1 Å². The van der Waals surface area contributed by atoms with Gasteiger partial charge in [0.25, 0.3) is 0 Å². The molecule has 2 aromatic carbocycles. The second-order valence-corrected chi connectivity index (χ2v) is 9.30. The van der Waals surface area contributed by atoms with Crippen LogP contribution in [-0.4, -0.2) is 49.5 Å². The van der Waals surface area contributed by atoms with Crippen molar-refractivity contribution in [2.45, 2.75) is 64.8 Å². The molecule has 3 rings (SSSR count). The first-order valence-electron chi connectivity index (χ1n) is 13.1. The minimum absolute atomic E-state index is 0. The number of ether oxygens (including phenoxy) is 1.